The molecule has 3 aliphatic heterocycles. The van der Waals surface area contributed by atoms with E-state index in [2.05, 4.69) is 15.0 Å². The van der Waals surface area contributed by atoms with Crippen molar-refractivity contribution < 1.29 is 14.5 Å². The zero-order valence-corrected chi connectivity index (χ0v) is 20.3. The Labute approximate surface area is 205 Å². The van der Waals surface area contributed by atoms with Gasteiger partial charge in [0.15, 0.2) is 11.0 Å². The van der Waals surface area contributed by atoms with Crippen LogP contribution in [0.4, 0.5) is 5.69 Å². The maximum Gasteiger partial charge on any atom is 0.283 e. The Balaban J connectivity index is 1.50. The van der Waals surface area contributed by atoms with Gasteiger partial charge in [-0.25, -0.2) is 0 Å². The van der Waals surface area contributed by atoms with Gasteiger partial charge in [0.25, 0.3) is 11.6 Å². The van der Waals surface area contributed by atoms with Crippen LogP contribution in [-0.4, -0.2) is 67.8 Å². The zero-order valence-electron chi connectivity index (χ0n) is 19.4. The van der Waals surface area contributed by atoms with Crippen molar-refractivity contribution in [2.75, 3.05) is 26.3 Å². The van der Waals surface area contributed by atoms with E-state index in [1.54, 1.807) is 18.2 Å². The third-order valence-electron chi connectivity index (χ3n) is 6.14. The Morgan fingerprint density at radius 3 is 2.63 bits per heavy atom. The van der Waals surface area contributed by atoms with Crippen molar-refractivity contribution in [1.82, 2.24) is 14.5 Å². The number of nitro groups is 1. The van der Waals surface area contributed by atoms with E-state index in [0.717, 1.165) is 22.5 Å². The van der Waals surface area contributed by atoms with Gasteiger partial charge in [0.2, 0.25) is 5.17 Å². The van der Waals surface area contributed by atoms with Gasteiger partial charge in [-0.3, -0.25) is 20.3 Å². The number of morpholine rings is 1. The molecule has 1 N–H and O–H groups in total. The van der Waals surface area contributed by atoms with Crippen LogP contribution in [0.1, 0.15) is 22.5 Å². The molecule has 180 valence electrons. The van der Waals surface area contributed by atoms with Crippen molar-refractivity contribution in [3.05, 3.63) is 62.5 Å². The molecule has 0 saturated carbocycles. The molecule has 0 aliphatic carbocycles. The van der Waals surface area contributed by atoms with Crippen LogP contribution in [0.15, 0.2) is 39.9 Å². The fourth-order valence-corrected chi connectivity index (χ4v) is 5.22. The van der Waals surface area contributed by atoms with Gasteiger partial charge >= 0.3 is 0 Å². The molecule has 2 aromatic rings. The number of amides is 1. The average molecular weight is 494 g/mol. The number of carbonyl (C=O) groups is 1. The number of non-ortho nitro benzene ring substituents is 1. The molecule has 3 aliphatic rings. The van der Waals surface area contributed by atoms with E-state index in [0.29, 0.717) is 42.3 Å². The van der Waals surface area contributed by atoms with E-state index in [4.69, 9.17) is 10.1 Å². The topological polar surface area (TPSA) is 129 Å². The van der Waals surface area contributed by atoms with Gasteiger partial charge in [0, 0.05) is 36.6 Å². The summed E-state index contributed by atoms with van der Waals surface area (Å²) in [7, 11) is 0. The molecule has 4 heterocycles. The number of carbonyl (C=O) groups excluding carboxylic acids is 1. The predicted octanol–water partition coefficient (Wildman–Crippen LogP) is 3.22. The van der Waals surface area contributed by atoms with Crippen LogP contribution >= 0.6 is 11.8 Å². The van der Waals surface area contributed by atoms with Crippen molar-refractivity contribution in [2.24, 2.45) is 10.1 Å². The largest absolute Gasteiger partial charge is 0.378 e. The fourth-order valence-electron chi connectivity index (χ4n) is 4.28. The molecule has 1 aromatic heterocycles. The van der Waals surface area contributed by atoms with Crippen LogP contribution in [0, 0.1) is 36.3 Å². The van der Waals surface area contributed by atoms with Crippen molar-refractivity contribution in [1.29, 1.82) is 5.41 Å². The van der Waals surface area contributed by atoms with Crippen LogP contribution in [0.3, 0.4) is 0 Å². The summed E-state index contributed by atoms with van der Waals surface area (Å²) in [6, 6.07) is 6.63. The third kappa shape index (κ3) is 4.04. The smallest absolute Gasteiger partial charge is 0.283 e. The first-order valence-electron chi connectivity index (χ1n) is 11.0. The van der Waals surface area contributed by atoms with Gasteiger partial charge in [-0.15, -0.1) is 5.10 Å². The van der Waals surface area contributed by atoms with E-state index in [9.17, 15) is 14.9 Å². The molecule has 11 nitrogen and oxygen atoms in total. The lowest BCUT2D eigenvalue weighted by Crippen LogP contribution is -2.39. The number of aromatic nitrogens is 1. The SMILES string of the molecule is Cc1ccc([N+](=O)[O-])cc1-n1c(C)cc(/C=C2\C(=N)N3N=C(N4CCOCC4)SC3=NC2=O)c1C. The van der Waals surface area contributed by atoms with E-state index < -0.39 is 10.8 Å². The highest BCUT2D eigenvalue weighted by Crippen LogP contribution is 2.32. The molecule has 1 saturated heterocycles. The number of aliphatic imine (C=N–C) groups is 1. The number of thioether (sulfide) groups is 1. The Hall–Kier alpha value is -3.77. The number of nitrogens with one attached hydrogen (secondary N) is 1. The second kappa shape index (κ2) is 8.78. The van der Waals surface area contributed by atoms with E-state index in [1.807, 2.05) is 31.4 Å². The Morgan fingerprint density at radius 1 is 1.17 bits per heavy atom. The summed E-state index contributed by atoms with van der Waals surface area (Å²) in [6.45, 7) is 8.26. The summed E-state index contributed by atoms with van der Waals surface area (Å²) >= 11 is 1.28. The van der Waals surface area contributed by atoms with Crippen LogP contribution < -0.4 is 0 Å². The Morgan fingerprint density at radius 2 is 1.91 bits per heavy atom. The van der Waals surface area contributed by atoms with Gasteiger partial charge in [0.05, 0.1) is 29.4 Å². The molecule has 0 spiro atoms. The first-order valence-corrected chi connectivity index (χ1v) is 11.8. The Kier molecular flexibility index (Phi) is 5.77. The van der Waals surface area contributed by atoms with Crippen molar-refractivity contribution >= 4 is 45.6 Å². The summed E-state index contributed by atoms with van der Waals surface area (Å²) in [4.78, 5) is 30.0. The number of aryl methyl sites for hydroxylation is 2. The minimum Gasteiger partial charge on any atom is -0.378 e. The number of benzene rings is 1. The molecule has 1 amide bonds. The second-order valence-electron chi connectivity index (χ2n) is 8.39. The molecule has 0 atom stereocenters. The van der Waals surface area contributed by atoms with E-state index in [-0.39, 0.29) is 17.1 Å². The van der Waals surface area contributed by atoms with Crippen LogP contribution in [0.25, 0.3) is 11.8 Å². The van der Waals surface area contributed by atoms with Crippen molar-refractivity contribution in [3.8, 4) is 5.69 Å². The molecule has 1 aromatic carbocycles. The highest BCUT2D eigenvalue weighted by Gasteiger charge is 2.37. The lowest BCUT2D eigenvalue weighted by atomic mass is 10.1. The van der Waals surface area contributed by atoms with Gasteiger partial charge in [-0.05, 0) is 55.8 Å². The summed E-state index contributed by atoms with van der Waals surface area (Å²) in [5.41, 5.74) is 4.08. The number of nitro benzene ring substituents is 1. The molecular weight excluding hydrogens is 470 g/mol. The number of ether oxygens (including phenoxy) is 1. The molecule has 0 radical (unpaired) electrons. The summed E-state index contributed by atoms with van der Waals surface area (Å²) in [5.74, 6) is -0.532. The molecule has 0 unspecified atom stereocenters. The number of rotatable bonds is 3. The van der Waals surface area contributed by atoms with Gasteiger partial charge in [-0.2, -0.15) is 10.0 Å². The van der Waals surface area contributed by atoms with Gasteiger partial charge in [-0.1, -0.05) is 6.07 Å². The maximum atomic E-state index is 12.9. The maximum absolute atomic E-state index is 12.9. The summed E-state index contributed by atoms with van der Waals surface area (Å²) < 4.78 is 7.31. The van der Waals surface area contributed by atoms with E-state index >= 15 is 0 Å². The Bertz CT molecular complexity index is 1370. The van der Waals surface area contributed by atoms with Gasteiger partial charge in [0.1, 0.15) is 0 Å². The van der Waals surface area contributed by atoms with Crippen LogP contribution in [-0.2, 0) is 9.53 Å². The molecule has 12 heteroatoms. The average Bonchev–Trinajstić information content (AvgIpc) is 3.38. The van der Waals surface area contributed by atoms with Gasteiger partial charge < -0.3 is 14.2 Å². The molecule has 0 bridgehead atoms. The lowest BCUT2D eigenvalue weighted by Gasteiger charge is -2.26. The highest BCUT2D eigenvalue weighted by atomic mass is 32.2. The number of fused-ring (bicyclic) bond motifs is 1. The molecule has 1 fully saturated rings. The second-order valence-corrected chi connectivity index (χ2v) is 9.33. The minimum atomic E-state index is -0.497. The minimum absolute atomic E-state index is 0.00424. The standard InChI is InChI=1S/C23H23N7O4S/c1-13-4-5-17(30(32)33)12-19(13)28-14(2)10-16(15(28)3)11-18-20(24)29-22(25-21(18)31)35-23(26-29)27-6-8-34-9-7-27/h4-5,10-12,24H,6-9H2,1-3H3/b18-11+,24-20?. The number of amidine groups is 3. The molecule has 35 heavy (non-hydrogen) atoms. The molecule has 5 rings (SSSR count). The first-order chi connectivity index (χ1) is 16.7. The summed E-state index contributed by atoms with van der Waals surface area (Å²) in [6.07, 6.45) is 1.64. The number of hydrazone groups is 1. The summed E-state index contributed by atoms with van der Waals surface area (Å²) in [5, 5.41) is 27.0. The van der Waals surface area contributed by atoms with Crippen LogP contribution in [0.2, 0.25) is 0 Å². The molecular formula is C23H23N7O4S. The third-order valence-corrected chi connectivity index (χ3v) is 7.11. The monoisotopic (exact) mass is 493 g/mol. The first kappa shape index (κ1) is 23.0. The van der Waals surface area contributed by atoms with Crippen molar-refractivity contribution in [3.63, 3.8) is 0 Å². The van der Waals surface area contributed by atoms with E-state index in [1.165, 1.54) is 22.8 Å². The number of hydrogen-bond acceptors (Lipinski definition) is 8. The lowest BCUT2D eigenvalue weighted by molar-refractivity contribution is -0.384. The quantitative estimate of drug-likeness (QED) is 0.395. The number of hydrogen-bond donors (Lipinski definition) is 1. The fraction of sp³-hybridized carbons (Fsp3) is 0.304. The predicted molar refractivity (Wildman–Crippen MR) is 134 cm³/mol. The van der Waals surface area contributed by atoms with Crippen molar-refractivity contribution in [2.45, 2.75) is 20.8 Å². The normalized spacial score (nSPS) is 19.2. The zero-order chi connectivity index (χ0) is 24.9. The number of nitrogens with zero attached hydrogens (tertiary/aromatic N) is 6. The van der Waals surface area contributed by atoms with Crippen LogP contribution in [0.5, 0.6) is 0 Å². The highest BCUT2D eigenvalue weighted by molar-refractivity contribution is 8.26.